The zero-order valence-electron chi connectivity index (χ0n) is 10.2. The normalized spacial score (nSPS) is 26.8. The Balaban J connectivity index is 1.88. The zero-order chi connectivity index (χ0) is 11.6. The van der Waals surface area contributed by atoms with E-state index in [9.17, 15) is 4.79 Å². The zero-order valence-corrected chi connectivity index (χ0v) is 11.8. The van der Waals surface area contributed by atoms with Crippen molar-refractivity contribution in [1.29, 1.82) is 0 Å². The molecule has 1 amide bonds. The molecule has 1 saturated carbocycles. The monoisotopic (exact) mass is 287 g/mol. The fourth-order valence-electron chi connectivity index (χ4n) is 3.25. The standard InChI is InChI=1S/C13H22BrNO/c1-11(14)12(16)15-9-7-13(8-10-15)5-3-2-4-6-13/h11H,2-10H2,1H3. The minimum Gasteiger partial charge on any atom is -0.342 e. The van der Waals surface area contributed by atoms with E-state index in [1.54, 1.807) is 0 Å². The fourth-order valence-corrected chi connectivity index (χ4v) is 3.54. The molecule has 1 unspecified atom stereocenters. The van der Waals surface area contributed by atoms with E-state index in [1.807, 2.05) is 11.8 Å². The quantitative estimate of drug-likeness (QED) is 0.678. The Labute approximate surface area is 107 Å². The first kappa shape index (κ1) is 12.4. The van der Waals surface area contributed by atoms with Crippen LogP contribution in [0.15, 0.2) is 0 Å². The maximum Gasteiger partial charge on any atom is 0.236 e. The van der Waals surface area contributed by atoms with Crippen LogP contribution in [0.1, 0.15) is 51.9 Å². The second kappa shape index (κ2) is 5.07. The number of likely N-dealkylation sites (tertiary alicyclic amines) is 1. The number of halogens is 1. The molecule has 1 atom stereocenters. The van der Waals surface area contributed by atoms with Crippen LogP contribution in [0, 0.1) is 5.41 Å². The smallest absolute Gasteiger partial charge is 0.236 e. The molecule has 1 aliphatic heterocycles. The van der Waals surface area contributed by atoms with Crippen molar-refractivity contribution >= 4 is 21.8 Å². The molecule has 1 saturated heterocycles. The Bertz CT molecular complexity index is 249. The van der Waals surface area contributed by atoms with Gasteiger partial charge in [-0.25, -0.2) is 0 Å². The third-order valence-corrected chi connectivity index (χ3v) is 4.78. The van der Waals surface area contributed by atoms with Crippen LogP contribution >= 0.6 is 15.9 Å². The summed E-state index contributed by atoms with van der Waals surface area (Å²) in [5.74, 6) is 0.269. The summed E-state index contributed by atoms with van der Waals surface area (Å²) in [7, 11) is 0. The van der Waals surface area contributed by atoms with Crippen LogP contribution in [0.2, 0.25) is 0 Å². The molecule has 0 bridgehead atoms. The van der Waals surface area contributed by atoms with Gasteiger partial charge in [-0.15, -0.1) is 0 Å². The van der Waals surface area contributed by atoms with Crippen LogP contribution in [-0.2, 0) is 4.79 Å². The van der Waals surface area contributed by atoms with Crippen molar-refractivity contribution in [3.8, 4) is 0 Å². The van der Waals surface area contributed by atoms with Crippen LogP contribution in [0.5, 0.6) is 0 Å². The summed E-state index contributed by atoms with van der Waals surface area (Å²) < 4.78 is 0. The summed E-state index contributed by atoms with van der Waals surface area (Å²) in [6.07, 6.45) is 9.50. The maximum atomic E-state index is 11.8. The van der Waals surface area contributed by atoms with E-state index < -0.39 is 0 Å². The van der Waals surface area contributed by atoms with Gasteiger partial charge < -0.3 is 4.90 Å². The van der Waals surface area contributed by atoms with Crippen LogP contribution in [0.3, 0.4) is 0 Å². The van der Waals surface area contributed by atoms with Crippen molar-refractivity contribution in [2.45, 2.75) is 56.7 Å². The van der Waals surface area contributed by atoms with E-state index in [0.717, 1.165) is 13.1 Å². The topological polar surface area (TPSA) is 20.3 Å². The van der Waals surface area contributed by atoms with Crippen LogP contribution in [0.4, 0.5) is 0 Å². The van der Waals surface area contributed by atoms with E-state index in [0.29, 0.717) is 5.41 Å². The predicted molar refractivity (Wildman–Crippen MR) is 69.7 cm³/mol. The summed E-state index contributed by atoms with van der Waals surface area (Å²) in [5.41, 5.74) is 0.602. The van der Waals surface area contributed by atoms with Gasteiger partial charge in [0.2, 0.25) is 5.91 Å². The van der Waals surface area contributed by atoms with Crippen molar-refractivity contribution < 1.29 is 4.79 Å². The molecule has 1 aliphatic carbocycles. The van der Waals surface area contributed by atoms with E-state index >= 15 is 0 Å². The second-order valence-electron chi connectivity index (χ2n) is 5.50. The molecule has 2 fully saturated rings. The molecular weight excluding hydrogens is 266 g/mol. The molecular formula is C13H22BrNO. The molecule has 92 valence electrons. The SMILES string of the molecule is CC(Br)C(=O)N1CCC2(CCCCC2)CC1. The largest absolute Gasteiger partial charge is 0.342 e. The Kier molecular flexibility index (Phi) is 3.93. The minimum absolute atomic E-state index is 0.0205. The number of piperidine rings is 1. The van der Waals surface area contributed by atoms with E-state index in [1.165, 1.54) is 44.9 Å². The van der Waals surface area contributed by atoms with Gasteiger partial charge in [-0.2, -0.15) is 0 Å². The Morgan fingerprint density at radius 1 is 1.12 bits per heavy atom. The number of hydrogen-bond acceptors (Lipinski definition) is 1. The number of nitrogens with zero attached hydrogens (tertiary/aromatic N) is 1. The van der Waals surface area contributed by atoms with Gasteiger partial charge in [0.15, 0.2) is 0 Å². The average molecular weight is 288 g/mol. The molecule has 1 heterocycles. The van der Waals surface area contributed by atoms with Crippen molar-refractivity contribution in [2.75, 3.05) is 13.1 Å². The fraction of sp³-hybridized carbons (Fsp3) is 0.923. The molecule has 0 aromatic heterocycles. The third-order valence-electron chi connectivity index (χ3n) is 4.39. The Morgan fingerprint density at radius 3 is 2.19 bits per heavy atom. The Morgan fingerprint density at radius 2 is 1.69 bits per heavy atom. The Hall–Kier alpha value is -0.0500. The first-order chi connectivity index (χ1) is 7.63. The van der Waals surface area contributed by atoms with Crippen molar-refractivity contribution in [3.05, 3.63) is 0 Å². The summed E-state index contributed by atoms with van der Waals surface area (Å²) in [6.45, 7) is 3.89. The van der Waals surface area contributed by atoms with Gasteiger partial charge in [0.1, 0.15) is 0 Å². The van der Waals surface area contributed by atoms with Crippen molar-refractivity contribution in [2.24, 2.45) is 5.41 Å². The summed E-state index contributed by atoms with van der Waals surface area (Å²) in [6, 6.07) is 0. The second-order valence-corrected chi connectivity index (χ2v) is 6.88. The highest BCUT2D eigenvalue weighted by molar-refractivity contribution is 9.10. The minimum atomic E-state index is -0.0205. The van der Waals surface area contributed by atoms with Gasteiger partial charge in [-0.1, -0.05) is 35.2 Å². The lowest BCUT2D eigenvalue weighted by Crippen LogP contribution is -2.45. The first-order valence-electron chi connectivity index (χ1n) is 6.56. The molecule has 0 radical (unpaired) electrons. The molecule has 3 heteroatoms. The van der Waals surface area contributed by atoms with E-state index in [4.69, 9.17) is 0 Å². The van der Waals surface area contributed by atoms with Gasteiger partial charge in [-0.3, -0.25) is 4.79 Å². The number of amides is 1. The van der Waals surface area contributed by atoms with Crippen LogP contribution < -0.4 is 0 Å². The van der Waals surface area contributed by atoms with E-state index in [-0.39, 0.29) is 10.7 Å². The molecule has 0 N–H and O–H groups in total. The molecule has 2 nitrogen and oxygen atoms in total. The number of hydrogen-bond donors (Lipinski definition) is 0. The number of rotatable bonds is 1. The van der Waals surface area contributed by atoms with Crippen LogP contribution in [0.25, 0.3) is 0 Å². The molecule has 16 heavy (non-hydrogen) atoms. The van der Waals surface area contributed by atoms with Gasteiger partial charge in [-0.05, 0) is 38.0 Å². The average Bonchev–Trinajstić information content (AvgIpc) is 2.30. The van der Waals surface area contributed by atoms with Crippen LogP contribution in [-0.4, -0.2) is 28.7 Å². The highest BCUT2D eigenvalue weighted by Crippen LogP contribution is 2.44. The van der Waals surface area contributed by atoms with Gasteiger partial charge in [0.25, 0.3) is 0 Å². The maximum absolute atomic E-state index is 11.8. The van der Waals surface area contributed by atoms with Gasteiger partial charge in [0.05, 0.1) is 4.83 Å². The lowest BCUT2D eigenvalue weighted by atomic mass is 9.68. The molecule has 2 rings (SSSR count). The predicted octanol–water partition coefficient (Wildman–Crippen LogP) is 3.34. The summed E-state index contributed by atoms with van der Waals surface area (Å²) in [4.78, 5) is 13.9. The molecule has 0 aromatic rings. The number of carbonyl (C=O) groups excluding carboxylic acids is 1. The van der Waals surface area contributed by atoms with E-state index in [2.05, 4.69) is 15.9 Å². The molecule has 2 aliphatic rings. The highest BCUT2D eigenvalue weighted by Gasteiger charge is 2.36. The summed E-state index contributed by atoms with van der Waals surface area (Å²) in [5, 5.41) is 0. The summed E-state index contributed by atoms with van der Waals surface area (Å²) >= 11 is 3.37. The lowest BCUT2D eigenvalue weighted by Gasteiger charge is -2.44. The first-order valence-corrected chi connectivity index (χ1v) is 7.47. The molecule has 1 spiro atoms. The van der Waals surface area contributed by atoms with Crippen molar-refractivity contribution in [3.63, 3.8) is 0 Å². The lowest BCUT2D eigenvalue weighted by molar-refractivity contribution is -0.132. The number of carbonyl (C=O) groups is 1. The van der Waals surface area contributed by atoms with Gasteiger partial charge >= 0.3 is 0 Å². The molecule has 0 aromatic carbocycles. The van der Waals surface area contributed by atoms with Gasteiger partial charge in [0, 0.05) is 13.1 Å². The third kappa shape index (κ3) is 2.61. The highest BCUT2D eigenvalue weighted by atomic mass is 79.9. The van der Waals surface area contributed by atoms with Crippen molar-refractivity contribution in [1.82, 2.24) is 4.90 Å². The number of alkyl halides is 1.